The summed E-state index contributed by atoms with van der Waals surface area (Å²) in [6, 6.07) is 12.0. The molecular weight excluding hydrogens is 374 g/mol. The van der Waals surface area contributed by atoms with E-state index in [1.54, 1.807) is 7.11 Å². The van der Waals surface area contributed by atoms with E-state index in [1.807, 2.05) is 18.2 Å². The van der Waals surface area contributed by atoms with E-state index in [2.05, 4.69) is 42.4 Å². The number of guanidine groups is 1. The number of nitrogens with zero attached hydrogens (tertiary/aromatic N) is 1. The Morgan fingerprint density at radius 2 is 1.86 bits per heavy atom. The number of aliphatic imine (C=N–C) groups is 1. The van der Waals surface area contributed by atoms with Crippen LogP contribution in [0.15, 0.2) is 41.4 Å². The van der Waals surface area contributed by atoms with Crippen molar-refractivity contribution in [3.63, 3.8) is 0 Å². The summed E-state index contributed by atoms with van der Waals surface area (Å²) in [6.07, 6.45) is 1.67. The second-order valence-electron chi connectivity index (χ2n) is 7.44. The van der Waals surface area contributed by atoms with Crippen LogP contribution < -0.4 is 15.8 Å². The van der Waals surface area contributed by atoms with E-state index >= 15 is 0 Å². The zero-order chi connectivity index (χ0) is 20.1. The zero-order valence-corrected chi connectivity index (χ0v) is 17.5. The first kappa shape index (κ1) is 20.5. The van der Waals surface area contributed by atoms with E-state index < -0.39 is 0 Å². The maximum Gasteiger partial charge on any atom is 0.193 e. The number of methoxy groups -OCH3 is 1. The molecule has 1 aliphatic rings. The summed E-state index contributed by atoms with van der Waals surface area (Å²) in [5, 5.41) is 3.90. The predicted molar refractivity (Wildman–Crippen MR) is 116 cm³/mol. The molecule has 0 radical (unpaired) electrons. The average Bonchev–Trinajstić information content (AvgIpc) is 2.66. The highest BCUT2D eigenvalue weighted by atomic mass is 35.5. The molecule has 0 aliphatic carbocycles. The highest BCUT2D eigenvalue weighted by Gasteiger charge is 2.37. The lowest BCUT2D eigenvalue weighted by molar-refractivity contribution is 0.0523. The van der Waals surface area contributed by atoms with Crippen molar-refractivity contribution in [2.45, 2.75) is 32.1 Å². The summed E-state index contributed by atoms with van der Waals surface area (Å²) in [5.41, 5.74) is 10.4. The monoisotopic (exact) mass is 401 g/mol. The summed E-state index contributed by atoms with van der Waals surface area (Å²) < 4.78 is 11.2. The molecule has 2 aromatic rings. The number of benzene rings is 2. The number of anilines is 1. The number of aryl methyl sites for hydroxylation is 2. The van der Waals surface area contributed by atoms with Crippen LogP contribution in [0.2, 0.25) is 5.02 Å². The molecule has 1 aliphatic heterocycles. The Kier molecular flexibility index (Phi) is 6.47. The molecule has 3 N–H and O–H groups in total. The quantitative estimate of drug-likeness (QED) is 0.574. The van der Waals surface area contributed by atoms with Gasteiger partial charge in [0.15, 0.2) is 5.96 Å². The van der Waals surface area contributed by atoms with Crippen LogP contribution in [0.1, 0.15) is 29.5 Å². The van der Waals surface area contributed by atoms with Gasteiger partial charge in [0.2, 0.25) is 0 Å². The Bertz CT molecular complexity index is 841. The molecule has 1 fully saturated rings. The Labute approximate surface area is 171 Å². The Morgan fingerprint density at radius 3 is 2.50 bits per heavy atom. The van der Waals surface area contributed by atoms with Crippen molar-refractivity contribution >= 4 is 23.2 Å². The normalized spacial score (nSPS) is 16.6. The highest BCUT2D eigenvalue weighted by Crippen LogP contribution is 2.41. The molecule has 0 saturated carbocycles. The second-order valence-corrected chi connectivity index (χ2v) is 7.88. The fourth-order valence-electron chi connectivity index (χ4n) is 3.84. The van der Waals surface area contributed by atoms with Crippen molar-refractivity contribution in [1.29, 1.82) is 0 Å². The van der Waals surface area contributed by atoms with Crippen LogP contribution in [-0.2, 0) is 10.2 Å². The zero-order valence-electron chi connectivity index (χ0n) is 16.7. The van der Waals surface area contributed by atoms with Gasteiger partial charge in [0.25, 0.3) is 0 Å². The van der Waals surface area contributed by atoms with Crippen LogP contribution in [0, 0.1) is 13.8 Å². The summed E-state index contributed by atoms with van der Waals surface area (Å²) >= 11 is 6.29. The summed E-state index contributed by atoms with van der Waals surface area (Å²) in [7, 11) is 1.68. The Hall–Kier alpha value is -2.24. The molecule has 2 aromatic carbocycles. The van der Waals surface area contributed by atoms with Crippen molar-refractivity contribution in [3.8, 4) is 5.75 Å². The van der Waals surface area contributed by atoms with Gasteiger partial charge in [0.05, 0.1) is 13.7 Å². The van der Waals surface area contributed by atoms with E-state index in [4.69, 9.17) is 26.8 Å². The molecule has 1 heterocycles. The van der Waals surface area contributed by atoms with Crippen LogP contribution in [0.4, 0.5) is 5.69 Å². The SMILES string of the molecule is COc1ccc(Cl)cc1C1(CN=C(N)Nc2cc(C)cc(C)c2)CCOCC1. The topological polar surface area (TPSA) is 68.9 Å². The Balaban J connectivity index is 1.86. The van der Waals surface area contributed by atoms with E-state index in [0.29, 0.717) is 30.7 Å². The lowest BCUT2D eigenvalue weighted by Gasteiger charge is -2.37. The minimum absolute atomic E-state index is 0.219. The van der Waals surface area contributed by atoms with Crippen molar-refractivity contribution in [2.24, 2.45) is 10.7 Å². The first-order valence-corrected chi connectivity index (χ1v) is 9.87. The molecule has 0 spiro atoms. The molecule has 28 heavy (non-hydrogen) atoms. The number of hydrogen-bond donors (Lipinski definition) is 2. The van der Waals surface area contributed by atoms with E-state index in [0.717, 1.165) is 29.8 Å². The van der Waals surface area contributed by atoms with Gasteiger partial charge >= 0.3 is 0 Å². The van der Waals surface area contributed by atoms with E-state index in [9.17, 15) is 0 Å². The predicted octanol–water partition coefficient (Wildman–Crippen LogP) is 4.44. The van der Waals surface area contributed by atoms with Gasteiger partial charge in [-0.2, -0.15) is 0 Å². The number of nitrogens with one attached hydrogen (secondary N) is 1. The molecule has 6 heteroatoms. The van der Waals surface area contributed by atoms with E-state index in [1.165, 1.54) is 11.1 Å². The minimum Gasteiger partial charge on any atom is -0.496 e. The van der Waals surface area contributed by atoms with Crippen molar-refractivity contribution in [3.05, 3.63) is 58.1 Å². The number of ether oxygens (including phenoxy) is 2. The molecule has 0 bridgehead atoms. The van der Waals surface area contributed by atoms with Gasteiger partial charge in [-0.05, 0) is 68.1 Å². The lowest BCUT2D eigenvalue weighted by atomic mass is 9.73. The van der Waals surface area contributed by atoms with Crippen LogP contribution in [-0.4, -0.2) is 32.8 Å². The van der Waals surface area contributed by atoms with Crippen molar-refractivity contribution in [2.75, 3.05) is 32.2 Å². The van der Waals surface area contributed by atoms with Crippen LogP contribution in [0.25, 0.3) is 0 Å². The molecule has 0 aromatic heterocycles. The molecule has 0 unspecified atom stereocenters. The third kappa shape index (κ3) is 4.78. The standard InChI is InChI=1S/C22H28ClN3O2/c1-15-10-16(2)12-18(11-15)26-21(24)25-14-22(6-8-28-9-7-22)19-13-17(23)4-5-20(19)27-3/h4-5,10-13H,6-9,14H2,1-3H3,(H3,24,25,26). The van der Waals surface area contributed by atoms with E-state index in [-0.39, 0.29) is 5.41 Å². The number of nitrogens with two attached hydrogens (primary N) is 1. The number of hydrogen-bond acceptors (Lipinski definition) is 3. The summed E-state index contributed by atoms with van der Waals surface area (Å²) in [5.74, 6) is 1.22. The van der Waals surface area contributed by atoms with Gasteiger partial charge < -0.3 is 20.5 Å². The van der Waals surface area contributed by atoms with Crippen LogP contribution in [0.3, 0.4) is 0 Å². The smallest absolute Gasteiger partial charge is 0.193 e. The first-order valence-electron chi connectivity index (χ1n) is 9.49. The molecule has 3 rings (SSSR count). The van der Waals surface area contributed by atoms with Gasteiger partial charge in [0, 0.05) is 34.9 Å². The maximum atomic E-state index is 6.29. The van der Waals surface area contributed by atoms with Gasteiger partial charge in [0.1, 0.15) is 5.75 Å². The molecule has 0 amide bonds. The van der Waals surface area contributed by atoms with Gasteiger partial charge in [-0.1, -0.05) is 17.7 Å². The fraction of sp³-hybridized carbons (Fsp3) is 0.409. The molecule has 5 nitrogen and oxygen atoms in total. The third-order valence-corrected chi connectivity index (χ3v) is 5.46. The summed E-state index contributed by atoms with van der Waals surface area (Å²) in [4.78, 5) is 4.69. The van der Waals surface area contributed by atoms with Crippen LogP contribution in [0.5, 0.6) is 5.75 Å². The number of rotatable bonds is 5. The molecule has 0 atom stereocenters. The Morgan fingerprint density at radius 1 is 1.18 bits per heavy atom. The van der Waals surface area contributed by atoms with Crippen LogP contribution >= 0.6 is 11.6 Å². The maximum absolute atomic E-state index is 6.29. The highest BCUT2D eigenvalue weighted by molar-refractivity contribution is 6.30. The fourth-order valence-corrected chi connectivity index (χ4v) is 4.01. The number of halogens is 1. The third-order valence-electron chi connectivity index (χ3n) is 5.23. The van der Waals surface area contributed by atoms with Gasteiger partial charge in [-0.25, -0.2) is 0 Å². The lowest BCUT2D eigenvalue weighted by Crippen LogP contribution is -2.38. The van der Waals surface area contributed by atoms with Gasteiger partial charge in [-0.3, -0.25) is 4.99 Å². The first-order chi connectivity index (χ1) is 13.4. The molecule has 1 saturated heterocycles. The average molecular weight is 402 g/mol. The molecule has 150 valence electrons. The molecular formula is C22H28ClN3O2. The van der Waals surface area contributed by atoms with Crippen molar-refractivity contribution in [1.82, 2.24) is 0 Å². The minimum atomic E-state index is -0.219. The van der Waals surface area contributed by atoms with Crippen molar-refractivity contribution < 1.29 is 9.47 Å². The summed E-state index contributed by atoms with van der Waals surface area (Å²) in [6.45, 7) is 6.02. The second kappa shape index (κ2) is 8.84. The van der Waals surface area contributed by atoms with Gasteiger partial charge in [-0.15, -0.1) is 0 Å². The largest absolute Gasteiger partial charge is 0.496 e.